The zero-order valence-electron chi connectivity index (χ0n) is 11.4. The molecule has 3 atom stereocenters. The maximum atomic E-state index is 6.29. The summed E-state index contributed by atoms with van der Waals surface area (Å²) in [6.07, 6.45) is 4.86. The number of halogens is 1. The van der Waals surface area contributed by atoms with Crippen molar-refractivity contribution < 1.29 is 0 Å². The Morgan fingerprint density at radius 1 is 1.22 bits per heavy atom. The van der Waals surface area contributed by atoms with Gasteiger partial charge in [0, 0.05) is 11.1 Å². The molecule has 0 heterocycles. The fourth-order valence-corrected chi connectivity index (χ4v) is 3.21. The molecule has 1 fully saturated rings. The number of benzene rings is 1. The second-order valence-electron chi connectivity index (χ2n) is 6.07. The van der Waals surface area contributed by atoms with Crippen LogP contribution >= 0.6 is 11.6 Å². The van der Waals surface area contributed by atoms with Crippen molar-refractivity contribution in [2.75, 3.05) is 0 Å². The molecule has 0 bridgehead atoms. The van der Waals surface area contributed by atoms with Crippen LogP contribution in [0, 0.1) is 17.8 Å². The van der Waals surface area contributed by atoms with E-state index in [9.17, 15) is 0 Å². The summed E-state index contributed by atoms with van der Waals surface area (Å²) in [5, 5.41) is 0.812. The van der Waals surface area contributed by atoms with Gasteiger partial charge in [0.2, 0.25) is 0 Å². The molecule has 0 spiro atoms. The molecular weight excluding hydrogens is 242 g/mol. The first-order chi connectivity index (χ1) is 8.56. The van der Waals surface area contributed by atoms with Crippen molar-refractivity contribution in [3.63, 3.8) is 0 Å². The fraction of sp³-hybridized carbons (Fsp3) is 0.625. The van der Waals surface area contributed by atoms with Gasteiger partial charge in [-0.05, 0) is 61.1 Å². The lowest BCUT2D eigenvalue weighted by Gasteiger charge is -2.36. The summed E-state index contributed by atoms with van der Waals surface area (Å²) in [5.74, 6) is 2.26. The lowest BCUT2D eigenvalue weighted by atomic mass is 9.72. The molecule has 2 heteroatoms. The fourth-order valence-electron chi connectivity index (χ4n) is 3.09. The second kappa shape index (κ2) is 6.08. The Balaban J connectivity index is 2.00. The molecule has 1 aliphatic carbocycles. The summed E-state index contributed by atoms with van der Waals surface area (Å²) < 4.78 is 0. The van der Waals surface area contributed by atoms with E-state index < -0.39 is 0 Å². The summed E-state index contributed by atoms with van der Waals surface area (Å²) in [6.45, 7) is 4.67. The molecular formula is C16H24ClN. The van der Waals surface area contributed by atoms with Crippen LogP contribution in [-0.4, -0.2) is 6.04 Å². The van der Waals surface area contributed by atoms with Crippen LogP contribution in [0.25, 0.3) is 0 Å². The molecule has 0 unspecified atom stereocenters. The molecule has 1 aromatic carbocycles. The van der Waals surface area contributed by atoms with Gasteiger partial charge in [-0.2, -0.15) is 0 Å². The summed E-state index contributed by atoms with van der Waals surface area (Å²) in [5.41, 5.74) is 7.66. The number of nitrogens with two attached hydrogens (primary N) is 1. The lowest BCUT2D eigenvalue weighted by molar-refractivity contribution is 0.189. The average molecular weight is 266 g/mol. The Hall–Kier alpha value is -0.530. The SMILES string of the molecule is CC(C)[C@H]1CC[C@H](N)[C@H](Cc2ccc(Cl)cc2)C1. The van der Waals surface area contributed by atoms with Crippen molar-refractivity contribution in [2.45, 2.75) is 45.6 Å². The molecule has 0 aliphatic heterocycles. The van der Waals surface area contributed by atoms with E-state index in [1.807, 2.05) is 12.1 Å². The topological polar surface area (TPSA) is 26.0 Å². The molecule has 0 aromatic heterocycles. The van der Waals surface area contributed by atoms with Gasteiger partial charge in [-0.3, -0.25) is 0 Å². The Kier molecular flexibility index (Phi) is 4.69. The Bertz CT molecular complexity index is 371. The first kappa shape index (κ1) is 13.9. The highest BCUT2D eigenvalue weighted by atomic mass is 35.5. The van der Waals surface area contributed by atoms with Crippen LogP contribution in [0.2, 0.25) is 5.02 Å². The third-order valence-electron chi connectivity index (χ3n) is 4.44. The van der Waals surface area contributed by atoms with Gasteiger partial charge in [-0.1, -0.05) is 37.6 Å². The number of hydrogen-bond acceptors (Lipinski definition) is 1. The van der Waals surface area contributed by atoms with E-state index in [0.29, 0.717) is 12.0 Å². The van der Waals surface area contributed by atoms with Crippen molar-refractivity contribution >= 4 is 11.6 Å². The highest BCUT2D eigenvalue weighted by Gasteiger charge is 2.29. The maximum absolute atomic E-state index is 6.29. The second-order valence-corrected chi connectivity index (χ2v) is 6.51. The van der Waals surface area contributed by atoms with Crippen molar-refractivity contribution in [2.24, 2.45) is 23.5 Å². The van der Waals surface area contributed by atoms with E-state index in [4.69, 9.17) is 17.3 Å². The summed E-state index contributed by atoms with van der Waals surface area (Å²) >= 11 is 5.92. The summed E-state index contributed by atoms with van der Waals surface area (Å²) in [4.78, 5) is 0. The number of rotatable bonds is 3. The van der Waals surface area contributed by atoms with E-state index in [1.54, 1.807) is 0 Å². The monoisotopic (exact) mass is 265 g/mol. The Morgan fingerprint density at radius 3 is 2.50 bits per heavy atom. The van der Waals surface area contributed by atoms with Gasteiger partial charge in [0.15, 0.2) is 0 Å². The standard InChI is InChI=1S/C16H24ClN/c1-11(2)13-5-8-16(18)14(10-13)9-12-3-6-15(17)7-4-12/h3-4,6-7,11,13-14,16H,5,8-10,18H2,1-2H3/t13-,14+,16-/m0/s1. The molecule has 18 heavy (non-hydrogen) atoms. The molecule has 0 amide bonds. The highest BCUT2D eigenvalue weighted by Crippen LogP contribution is 2.34. The van der Waals surface area contributed by atoms with Crippen molar-refractivity contribution in [3.8, 4) is 0 Å². The normalized spacial score (nSPS) is 28.6. The molecule has 1 nitrogen and oxygen atoms in total. The van der Waals surface area contributed by atoms with Gasteiger partial charge in [-0.15, -0.1) is 0 Å². The van der Waals surface area contributed by atoms with E-state index in [1.165, 1.54) is 24.8 Å². The molecule has 1 aliphatic rings. The number of hydrogen-bond donors (Lipinski definition) is 1. The van der Waals surface area contributed by atoms with E-state index in [2.05, 4.69) is 26.0 Å². The first-order valence-corrected chi connectivity index (χ1v) is 7.44. The summed E-state index contributed by atoms with van der Waals surface area (Å²) in [6, 6.07) is 8.59. The smallest absolute Gasteiger partial charge is 0.0406 e. The van der Waals surface area contributed by atoms with Crippen LogP contribution in [0.4, 0.5) is 0 Å². The predicted octanol–water partition coefficient (Wildman–Crippen LogP) is 4.28. The maximum Gasteiger partial charge on any atom is 0.0406 e. The predicted molar refractivity (Wildman–Crippen MR) is 78.8 cm³/mol. The first-order valence-electron chi connectivity index (χ1n) is 7.06. The third-order valence-corrected chi connectivity index (χ3v) is 4.69. The van der Waals surface area contributed by atoms with Crippen LogP contribution in [0.5, 0.6) is 0 Å². The van der Waals surface area contributed by atoms with Gasteiger partial charge in [0.25, 0.3) is 0 Å². The minimum absolute atomic E-state index is 0.371. The molecule has 1 saturated carbocycles. The molecule has 2 rings (SSSR count). The highest BCUT2D eigenvalue weighted by molar-refractivity contribution is 6.30. The average Bonchev–Trinajstić information content (AvgIpc) is 2.34. The summed E-state index contributed by atoms with van der Waals surface area (Å²) in [7, 11) is 0. The van der Waals surface area contributed by atoms with Crippen LogP contribution in [0.1, 0.15) is 38.7 Å². The van der Waals surface area contributed by atoms with Gasteiger partial charge in [0.1, 0.15) is 0 Å². The molecule has 0 radical (unpaired) electrons. The van der Waals surface area contributed by atoms with Crippen LogP contribution in [-0.2, 0) is 6.42 Å². The van der Waals surface area contributed by atoms with Crippen LogP contribution in [0.3, 0.4) is 0 Å². The van der Waals surface area contributed by atoms with E-state index >= 15 is 0 Å². The van der Waals surface area contributed by atoms with E-state index in [0.717, 1.165) is 23.3 Å². The van der Waals surface area contributed by atoms with Crippen LogP contribution in [0.15, 0.2) is 24.3 Å². The van der Waals surface area contributed by atoms with Gasteiger partial charge in [0.05, 0.1) is 0 Å². The Labute approximate surface area is 116 Å². The van der Waals surface area contributed by atoms with Gasteiger partial charge >= 0.3 is 0 Å². The van der Waals surface area contributed by atoms with Crippen molar-refractivity contribution in [1.29, 1.82) is 0 Å². The molecule has 2 N–H and O–H groups in total. The van der Waals surface area contributed by atoms with Crippen molar-refractivity contribution in [1.82, 2.24) is 0 Å². The van der Waals surface area contributed by atoms with Gasteiger partial charge < -0.3 is 5.73 Å². The molecule has 0 saturated heterocycles. The van der Waals surface area contributed by atoms with Crippen molar-refractivity contribution in [3.05, 3.63) is 34.9 Å². The zero-order chi connectivity index (χ0) is 13.1. The third kappa shape index (κ3) is 3.49. The minimum Gasteiger partial charge on any atom is -0.327 e. The van der Waals surface area contributed by atoms with Gasteiger partial charge in [-0.25, -0.2) is 0 Å². The minimum atomic E-state index is 0.371. The van der Waals surface area contributed by atoms with E-state index in [-0.39, 0.29) is 0 Å². The zero-order valence-corrected chi connectivity index (χ0v) is 12.2. The largest absolute Gasteiger partial charge is 0.327 e. The molecule has 1 aromatic rings. The quantitative estimate of drug-likeness (QED) is 0.867. The molecule has 100 valence electrons. The Morgan fingerprint density at radius 2 is 1.89 bits per heavy atom. The van der Waals surface area contributed by atoms with Crippen LogP contribution < -0.4 is 5.73 Å². The lowest BCUT2D eigenvalue weighted by Crippen LogP contribution is -2.38.